The summed E-state index contributed by atoms with van der Waals surface area (Å²) in [6.45, 7) is 1.42. The van der Waals surface area contributed by atoms with Crippen molar-refractivity contribution >= 4 is 23.0 Å². The van der Waals surface area contributed by atoms with Gasteiger partial charge in [0.15, 0.2) is 4.90 Å². The molecule has 1 atom stereocenters. The zero-order chi connectivity index (χ0) is 23.5. The van der Waals surface area contributed by atoms with Crippen molar-refractivity contribution in [2.24, 2.45) is 0 Å². The summed E-state index contributed by atoms with van der Waals surface area (Å²) >= 11 is -1.50. The van der Waals surface area contributed by atoms with E-state index in [1.165, 1.54) is 32.2 Å². The van der Waals surface area contributed by atoms with Crippen molar-refractivity contribution in [3.05, 3.63) is 77.4 Å². The summed E-state index contributed by atoms with van der Waals surface area (Å²) < 4.78 is 72.9. The molecule has 0 spiro atoms. The number of anilines is 1. The zero-order valence-electron chi connectivity index (χ0n) is 16.8. The molecule has 3 rings (SSSR count). The van der Waals surface area contributed by atoms with Crippen LogP contribution in [0.4, 0.5) is 23.2 Å². The largest absolute Gasteiger partial charge is 0.593 e. The number of halogens is 4. The van der Waals surface area contributed by atoms with Crippen LogP contribution in [0.3, 0.4) is 0 Å². The standard InChI is InChI=1S/C21H17F4N3O3S/c1-12-17(8-9-19(22)27-12)31-18-10-13(21(23,24)25)6-7-16(18)20(29)28-14-4-3-5-15(11-14)32(30)26-2/h3-11,26H,1-2H3,(H,28,29)/t32-/m1/s1. The summed E-state index contributed by atoms with van der Waals surface area (Å²) in [4.78, 5) is 16.8. The number of ether oxygens (including phenoxy) is 1. The molecule has 0 aliphatic heterocycles. The Hall–Kier alpha value is -3.15. The van der Waals surface area contributed by atoms with E-state index in [0.29, 0.717) is 11.0 Å². The number of amides is 1. The minimum absolute atomic E-state index is 0.00816. The normalized spacial score (nSPS) is 12.3. The number of pyridine rings is 1. The summed E-state index contributed by atoms with van der Waals surface area (Å²) in [5, 5.41) is 2.55. The van der Waals surface area contributed by atoms with Gasteiger partial charge in [0, 0.05) is 18.8 Å². The Morgan fingerprint density at radius 1 is 1.09 bits per heavy atom. The lowest BCUT2D eigenvalue weighted by Gasteiger charge is -2.15. The second-order valence-corrected chi connectivity index (χ2v) is 7.90. The van der Waals surface area contributed by atoms with Crippen LogP contribution in [0, 0.1) is 12.9 Å². The lowest BCUT2D eigenvalue weighted by atomic mass is 10.1. The number of carbonyl (C=O) groups is 1. The molecule has 0 aliphatic rings. The molecular formula is C21H17F4N3O3S. The van der Waals surface area contributed by atoms with Gasteiger partial charge < -0.3 is 14.6 Å². The quantitative estimate of drug-likeness (QED) is 0.308. The zero-order valence-corrected chi connectivity index (χ0v) is 17.6. The van der Waals surface area contributed by atoms with Crippen molar-refractivity contribution in [1.82, 2.24) is 9.71 Å². The SMILES string of the molecule is CN[S@+]([O-])c1cccc(NC(=O)c2ccc(C(F)(F)F)cc2Oc2ccc(F)nc2C)c1. The molecule has 11 heteroatoms. The minimum atomic E-state index is -4.67. The van der Waals surface area contributed by atoms with E-state index >= 15 is 0 Å². The minimum Gasteiger partial charge on any atom is -0.593 e. The Kier molecular flexibility index (Phi) is 7.02. The Labute approximate surface area is 183 Å². The molecule has 0 bridgehead atoms. The molecule has 0 unspecified atom stereocenters. The number of nitrogens with zero attached hydrogens (tertiary/aromatic N) is 1. The van der Waals surface area contributed by atoms with Crippen molar-refractivity contribution in [2.75, 3.05) is 12.4 Å². The van der Waals surface area contributed by atoms with Gasteiger partial charge in [-0.25, -0.2) is 4.98 Å². The van der Waals surface area contributed by atoms with Crippen molar-refractivity contribution in [3.63, 3.8) is 0 Å². The maximum atomic E-state index is 13.3. The van der Waals surface area contributed by atoms with E-state index in [1.54, 1.807) is 12.1 Å². The first-order valence-corrected chi connectivity index (χ1v) is 10.3. The number of carbonyl (C=O) groups excluding carboxylic acids is 1. The van der Waals surface area contributed by atoms with Crippen LogP contribution in [-0.4, -0.2) is 22.5 Å². The molecule has 0 aliphatic carbocycles. The highest BCUT2D eigenvalue weighted by Crippen LogP contribution is 2.35. The van der Waals surface area contributed by atoms with E-state index in [2.05, 4.69) is 15.0 Å². The predicted octanol–water partition coefficient (Wildman–Crippen LogP) is 4.83. The van der Waals surface area contributed by atoms with Gasteiger partial charge in [0.25, 0.3) is 5.91 Å². The number of hydrogen-bond donors (Lipinski definition) is 2. The van der Waals surface area contributed by atoms with Crippen LogP contribution in [0.1, 0.15) is 21.6 Å². The van der Waals surface area contributed by atoms with Crippen molar-refractivity contribution < 1.29 is 31.6 Å². The third-order valence-electron chi connectivity index (χ3n) is 4.27. The first-order valence-electron chi connectivity index (χ1n) is 9.11. The second-order valence-electron chi connectivity index (χ2n) is 6.48. The van der Waals surface area contributed by atoms with Crippen molar-refractivity contribution in [2.45, 2.75) is 18.0 Å². The van der Waals surface area contributed by atoms with Gasteiger partial charge in [0.1, 0.15) is 11.5 Å². The summed E-state index contributed by atoms with van der Waals surface area (Å²) in [5.41, 5.74) is -0.845. The van der Waals surface area contributed by atoms with E-state index in [1.807, 2.05) is 0 Å². The average molecular weight is 467 g/mol. The Balaban J connectivity index is 1.97. The Morgan fingerprint density at radius 2 is 1.84 bits per heavy atom. The Bertz CT molecular complexity index is 1140. The van der Waals surface area contributed by atoms with Crippen molar-refractivity contribution in [3.8, 4) is 11.5 Å². The monoisotopic (exact) mass is 467 g/mol. The van der Waals surface area contributed by atoms with E-state index in [9.17, 15) is 26.9 Å². The lowest BCUT2D eigenvalue weighted by molar-refractivity contribution is -0.137. The van der Waals surface area contributed by atoms with Gasteiger partial charge in [-0.15, -0.1) is 4.72 Å². The van der Waals surface area contributed by atoms with Gasteiger partial charge in [-0.05, 0) is 49.4 Å². The van der Waals surface area contributed by atoms with Gasteiger partial charge in [-0.2, -0.15) is 17.6 Å². The average Bonchev–Trinajstić information content (AvgIpc) is 2.74. The highest BCUT2D eigenvalue weighted by Gasteiger charge is 2.32. The summed E-state index contributed by atoms with van der Waals surface area (Å²) in [7, 11) is 1.50. The van der Waals surface area contributed by atoms with E-state index in [-0.39, 0.29) is 28.4 Å². The highest BCUT2D eigenvalue weighted by molar-refractivity contribution is 7.89. The molecule has 168 valence electrons. The molecule has 0 radical (unpaired) electrons. The predicted molar refractivity (Wildman–Crippen MR) is 110 cm³/mol. The van der Waals surface area contributed by atoms with E-state index in [0.717, 1.165) is 18.2 Å². The fourth-order valence-electron chi connectivity index (χ4n) is 2.72. The molecule has 1 amide bonds. The smallest absolute Gasteiger partial charge is 0.416 e. The molecule has 0 fully saturated rings. The molecule has 6 nitrogen and oxygen atoms in total. The fourth-order valence-corrected chi connectivity index (χ4v) is 3.39. The Morgan fingerprint density at radius 3 is 2.50 bits per heavy atom. The number of aryl methyl sites for hydroxylation is 1. The van der Waals surface area contributed by atoms with Crippen LogP contribution in [0.5, 0.6) is 11.5 Å². The molecule has 1 aromatic heterocycles. The molecule has 2 aromatic carbocycles. The van der Waals surface area contributed by atoms with Crippen LogP contribution in [-0.2, 0) is 17.5 Å². The van der Waals surface area contributed by atoms with Crippen LogP contribution in [0.25, 0.3) is 0 Å². The fraction of sp³-hybridized carbons (Fsp3) is 0.143. The number of nitrogens with one attached hydrogen (secondary N) is 2. The van der Waals surface area contributed by atoms with Crippen LogP contribution in [0.2, 0.25) is 0 Å². The maximum Gasteiger partial charge on any atom is 0.416 e. The van der Waals surface area contributed by atoms with Gasteiger partial charge in [0.05, 0.1) is 28.2 Å². The van der Waals surface area contributed by atoms with Crippen LogP contribution in [0.15, 0.2) is 59.5 Å². The molecule has 2 N–H and O–H groups in total. The number of benzene rings is 2. The molecule has 0 saturated heterocycles. The molecule has 32 heavy (non-hydrogen) atoms. The molecule has 0 saturated carbocycles. The summed E-state index contributed by atoms with van der Waals surface area (Å²) in [6, 6.07) is 10.8. The molecular weight excluding hydrogens is 450 g/mol. The molecule has 1 heterocycles. The molecule has 3 aromatic rings. The van der Waals surface area contributed by atoms with Gasteiger partial charge in [0.2, 0.25) is 5.95 Å². The third-order valence-corrected chi connectivity index (χ3v) is 5.32. The number of alkyl halides is 3. The third kappa shape index (κ3) is 5.55. The highest BCUT2D eigenvalue weighted by atomic mass is 32.2. The van der Waals surface area contributed by atoms with E-state index in [4.69, 9.17) is 4.74 Å². The first-order chi connectivity index (χ1) is 15.1. The number of rotatable bonds is 6. The number of hydrogen-bond acceptors (Lipinski definition) is 5. The summed E-state index contributed by atoms with van der Waals surface area (Å²) in [5.74, 6) is -1.93. The summed E-state index contributed by atoms with van der Waals surface area (Å²) in [6.07, 6.45) is -4.67. The van der Waals surface area contributed by atoms with Gasteiger partial charge in [-0.3, -0.25) is 4.79 Å². The second kappa shape index (κ2) is 9.55. The van der Waals surface area contributed by atoms with Gasteiger partial charge in [-0.1, -0.05) is 6.07 Å². The number of aromatic nitrogens is 1. The van der Waals surface area contributed by atoms with E-state index < -0.39 is 35.0 Å². The topological polar surface area (TPSA) is 86.3 Å². The maximum absolute atomic E-state index is 13.3. The first kappa shape index (κ1) is 23.5. The van der Waals surface area contributed by atoms with Crippen LogP contribution < -0.4 is 14.8 Å². The lowest BCUT2D eigenvalue weighted by Crippen LogP contribution is -2.19. The van der Waals surface area contributed by atoms with Gasteiger partial charge >= 0.3 is 6.18 Å². The van der Waals surface area contributed by atoms with Crippen LogP contribution >= 0.6 is 0 Å². The van der Waals surface area contributed by atoms with Crippen molar-refractivity contribution in [1.29, 1.82) is 0 Å².